The number of fused-ring (bicyclic) bond motifs is 1. The van der Waals surface area contributed by atoms with Crippen molar-refractivity contribution in [3.05, 3.63) is 23.1 Å². The summed E-state index contributed by atoms with van der Waals surface area (Å²) >= 11 is 6.18. The van der Waals surface area contributed by atoms with E-state index in [1.807, 2.05) is 6.07 Å². The first-order valence-corrected chi connectivity index (χ1v) is 5.54. The molecule has 13 heavy (non-hydrogen) atoms. The van der Waals surface area contributed by atoms with Crippen LogP contribution in [0.1, 0.15) is 12.5 Å². The number of hydrogen-bond donors (Lipinski definition) is 2. The number of anilines is 1. The van der Waals surface area contributed by atoms with Crippen LogP contribution in [0.4, 0.5) is 5.69 Å². The molecule has 0 aliphatic carbocycles. The van der Waals surface area contributed by atoms with E-state index in [1.165, 1.54) is 10.9 Å². The fraction of sp³-hybridized carbons (Fsp3) is 0.200. The smallest absolute Gasteiger partial charge is 0.0583 e. The van der Waals surface area contributed by atoms with Gasteiger partial charge in [-0.15, -0.1) is 24.0 Å². The molecule has 0 atom stereocenters. The Morgan fingerprint density at radius 3 is 3.00 bits per heavy atom. The highest BCUT2D eigenvalue weighted by Crippen LogP contribution is 2.34. The standard InChI is InChI=1S/C10H11NS2/c1-2-6-5-8(11)10-7(9(6)12)3-4-13-10/h3-5,12H,2,11H2,1H3. The van der Waals surface area contributed by atoms with Crippen molar-refractivity contribution in [1.82, 2.24) is 0 Å². The van der Waals surface area contributed by atoms with Crippen molar-refractivity contribution in [2.45, 2.75) is 18.2 Å². The van der Waals surface area contributed by atoms with Gasteiger partial charge in [-0.2, -0.15) is 0 Å². The Bertz CT molecular complexity index is 445. The number of aryl methyl sites for hydroxylation is 1. The lowest BCUT2D eigenvalue weighted by Gasteiger charge is -2.05. The number of benzene rings is 1. The molecule has 3 heteroatoms. The summed E-state index contributed by atoms with van der Waals surface area (Å²) in [5, 5.41) is 3.24. The van der Waals surface area contributed by atoms with Gasteiger partial charge >= 0.3 is 0 Å². The van der Waals surface area contributed by atoms with E-state index in [4.69, 9.17) is 5.73 Å². The molecule has 0 saturated carbocycles. The minimum atomic E-state index is 0.875. The third-order valence-electron chi connectivity index (χ3n) is 2.20. The third-order valence-corrected chi connectivity index (χ3v) is 3.69. The van der Waals surface area contributed by atoms with E-state index in [-0.39, 0.29) is 0 Å². The Labute approximate surface area is 87.0 Å². The Morgan fingerprint density at radius 1 is 1.54 bits per heavy atom. The molecule has 0 saturated heterocycles. The van der Waals surface area contributed by atoms with Crippen molar-refractivity contribution in [2.24, 2.45) is 0 Å². The lowest BCUT2D eigenvalue weighted by Crippen LogP contribution is -1.90. The molecule has 1 heterocycles. The van der Waals surface area contributed by atoms with Crippen LogP contribution in [0.15, 0.2) is 22.4 Å². The molecule has 0 radical (unpaired) electrons. The number of nitrogen functional groups attached to an aromatic ring is 1. The summed E-state index contributed by atoms with van der Waals surface area (Å²) in [6.45, 7) is 2.12. The van der Waals surface area contributed by atoms with Crippen LogP contribution in [-0.2, 0) is 6.42 Å². The Balaban J connectivity index is 2.85. The summed E-state index contributed by atoms with van der Waals surface area (Å²) in [6.07, 6.45) is 0.981. The van der Waals surface area contributed by atoms with Gasteiger partial charge in [0.15, 0.2) is 0 Å². The minimum absolute atomic E-state index is 0.875. The molecule has 2 rings (SSSR count). The second-order valence-electron chi connectivity index (χ2n) is 2.99. The molecule has 0 spiro atoms. The van der Waals surface area contributed by atoms with Gasteiger partial charge in [0.25, 0.3) is 0 Å². The summed E-state index contributed by atoms with van der Waals surface area (Å²) in [6, 6.07) is 4.11. The quantitative estimate of drug-likeness (QED) is 0.547. The Morgan fingerprint density at radius 2 is 2.31 bits per heavy atom. The van der Waals surface area contributed by atoms with Crippen molar-refractivity contribution in [3.8, 4) is 0 Å². The zero-order valence-electron chi connectivity index (χ0n) is 7.37. The molecular formula is C10H11NS2. The van der Waals surface area contributed by atoms with Crippen LogP contribution in [0.5, 0.6) is 0 Å². The molecule has 1 nitrogen and oxygen atoms in total. The summed E-state index contributed by atoms with van der Waals surface area (Å²) in [5.41, 5.74) is 8.03. The molecule has 0 bridgehead atoms. The van der Waals surface area contributed by atoms with Gasteiger partial charge in [0.2, 0.25) is 0 Å². The average Bonchev–Trinajstić information content (AvgIpc) is 2.60. The molecule has 1 aromatic carbocycles. The first-order chi connectivity index (χ1) is 6.24. The van der Waals surface area contributed by atoms with E-state index >= 15 is 0 Å². The van der Waals surface area contributed by atoms with Crippen LogP contribution >= 0.6 is 24.0 Å². The number of thiol groups is 1. The molecule has 0 unspecified atom stereocenters. The highest BCUT2D eigenvalue weighted by molar-refractivity contribution is 7.80. The first kappa shape index (κ1) is 8.91. The third kappa shape index (κ3) is 1.32. The fourth-order valence-corrected chi connectivity index (χ4v) is 2.80. The number of rotatable bonds is 1. The SMILES string of the molecule is CCc1cc(N)c2sccc2c1S. The largest absolute Gasteiger partial charge is 0.398 e. The van der Waals surface area contributed by atoms with Crippen LogP contribution in [-0.4, -0.2) is 0 Å². The molecular weight excluding hydrogens is 198 g/mol. The van der Waals surface area contributed by atoms with Crippen molar-refractivity contribution in [3.63, 3.8) is 0 Å². The second-order valence-corrected chi connectivity index (χ2v) is 4.35. The van der Waals surface area contributed by atoms with Crippen molar-refractivity contribution >= 4 is 39.7 Å². The van der Waals surface area contributed by atoms with Gasteiger partial charge in [0.05, 0.1) is 4.70 Å². The average molecular weight is 209 g/mol. The summed E-state index contributed by atoms with van der Waals surface area (Å²) in [4.78, 5) is 1.08. The van der Waals surface area contributed by atoms with E-state index in [0.717, 1.165) is 21.7 Å². The maximum absolute atomic E-state index is 5.92. The maximum atomic E-state index is 5.92. The highest BCUT2D eigenvalue weighted by atomic mass is 32.1. The molecule has 2 aromatic rings. The van der Waals surface area contributed by atoms with E-state index in [1.54, 1.807) is 11.3 Å². The lowest BCUT2D eigenvalue weighted by molar-refractivity contribution is 1.10. The second kappa shape index (κ2) is 3.24. The maximum Gasteiger partial charge on any atom is 0.0583 e. The number of nitrogens with two attached hydrogens (primary N) is 1. The van der Waals surface area contributed by atoms with Crippen LogP contribution < -0.4 is 5.73 Å². The van der Waals surface area contributed by atoms with E-state index in [9.17, 15) is 0 Å². The summed E-state index contributed by atoms with van der Waals surface area (Å²) in [5.74, 6) is 0. The molecule has 2 N–H and O–H groups in total. The van der Waals surface area contributed by atoms with Crippen molar-refractivity contribution < 1.29 is 0 Å². The van der Waals surface area contributed by atoms with Gasteiger partial charge in [-0.25, -0.2) is 0 Å². The van der Waals surface area contributed by atoms with Crippen molar-refractivity contribution in [1.29, 1.82) is 0 Å². The fourth-order valence-electron chi connectivity index (χ4n) is 1.48. The highest BCUT2D eigenvalue weighted by Gasteiger charge is 2.07. The van der Waals surface area contributed by atoms with Gasteiger partial charge in [0.1, 0.15) is 0 Å². The summed E-state index contributed by atoms with van der Waals surface area (Å²) < 4.78 is 1.15. The molecule has 0 fully saturated rings. The molecule has 1 aromatic heterocycles. The van der Waals surface area contributed by atoms with Crippen LogP contribution in [0.2, 0.25) is 0 Å². The van der Waals surface area contributed by atoms with Gasteiger partial charge in [-0.05, 0) is 29.5 Å². The normalized spacial score (nSPS) is 10.9. The predicted molar refractivity (Wildman–Crippen MR) is 62.9 cm³/mol. The topological polar surface area (TPSA) is 26.0 Å². The van der Waals surface area contributed by atoms with Crippen LogP contribution in [0, 0.1) is 0 Å². The predicted octanol–water partition coefficient (Wildman–Crippen LogP) is 3.33. The van der Waals surface area contributed by atoms with E-state index in [0.29, 0.717) is 0 Å². The molecule has 0 amide bonds. The van der Waals surface area contributed by atoms with Gasteiger partial charge < -0.3 is 5.73 Å². The van der Waals surface area contributed by atoms with Gasteiger partial charge in [-0.1, -0.05) is 6.92 Å². The van der Waals surface area contributed by atoms with Gasteiger partial charge in [0, 0.05) is 16.0 Å². The van der Waals surface area contributed by atoms with Crippen molar-refractivity contribution in [2.75, 3.05) is 5.73 Å². The van der Waals surface area contributed by atoms with Crippen LogP contribution in [0.3, 0.4) is 0 Å². The van der Waals surface area contributed by atoms with E-state index < -0.39 is 0 Å². The van der Waals surface area contributed by atoms with Gasteiger partial charge in [-0.3, -0.25) is 0 Å². The first-order valence-electron chi connectivity index (χ1n) is 4.21. The Hall–Kier alpha value is -0.670. The van der Waals surface area contributed by atoms with E-state index in [2.05, 4.69) is 31.0 Å². The zero-order valence-corrected chi connectivity index (χ0v) is 9.08. The number of hydrogen-bond acceptors (Lipinski definition) is 3. The lowest BCUT2D eigenvalue weighted by atomic mass is 10.1. The minimum Gasteiger partial charge on any atom is -0.398 e. The summed E-state index contributed by atoms with van der Waals surface area (Å²) in [7, 11) is 0. The molecule has 0 aliphatic rings. The molecule has 68 valence electrons. The molecule has 0 aliphatic heterocycles. The zero-order chi connectivity index (χ0) is 9.42. The Kier molecular flexibility index (Phi) is 2.22. The van der Waals surface area contributed by atoms with Crippen LogP contribution in [0.25, 0.3) is 10.1 Å². The monoisotopic (exact) mass is 209 g/mol. The number of thiophene rings is 1.